The van der Waals surface area contributed by atoms with E-state index in [9.17, 15) is 18.5 Å². The molecule has 134 valence electrons. The summed E-state index contributed by atoms with van der Waals surface area (Å²) in [6, 6.07) is 7.34. The van der Waals surface area contributed by atoms with Crippen molar-refractivity contribution in [2.75, 3.05) is 31.1 Å². The van der Waals surface area contributed by atoms with Crippen LogP contribution in [0.3, 0.4) is 0 Å². The van der Waals surface area contributed by atoms with Crippen molar-refractivity contribution in [3.8, 4) is 0 Å². The molecule has 2 aromatic rings. The third-order valence-corrected chi connectivity index (χ3v) is 7.76. The summed E-state index contributed by atoms with van der Waals surface area (Å²) in [5, 5.41) is 11.1. The summed E-state index contributed by atoms with van der Waals surface area (Å²) in [6.07, 6.45) is 0. The van der Waals surface area contributed by atoms with E-state index in [2.05, 4.69) is 0 Å². The first-order valence-electron chi connectivity index (χ1n) is 7.23. The zero-order valence-electron chi connectivity index (χ0n) is 12.8. The minimum Gasteiger partial charge on any atom is -0.368 e. The lowest BCUT2D eigenvalue weighted by Crippen LogP contribution is -2.48. The first-order chi connectivity index (χ1) is 11.8. The second-order valence-corrected chi connectivity index (χ2v) is 9.63. The Hall–Kier alpha value is -1.39. The van der Waals surface area contributed by atoms with Crippen molar-refractivity contribution in [3.63, 3.8) is 0 Å². The monoisotopic (exact) mass is 421 g/mol. The summed E-state index contributed by atoms with van der Waals surface area (Å²) in [5.74, 6) is 0. The number of hydrogen-bond acceptors (Lipinski definition) is 6. The third-order valence-electron chi connectivity index (χ3n) is 3.86. The molecule has 1 fully saturated rings. The molecule has 0 radical (unpaired) electrons. The number of sulfonamides is 1. The maximum Gasteiger partial charge on any atom is 0.271 e. The van der Waals surface area contributed by atoms with Gasteiger partial charge >= 0.3 is 0 Å². The van der Waals surface area contributed by atoms with Gasteiger partial charge in [0, 0.05) is 38.3 Å². The Balaban J connectivity index is 1.73. The lowest BCUT2D eigenvalue weighted by Gasteiger charge is -2.35. The molecule has 0 aliphatic carbocycles. The molecule has 3 rings (SSSR count). The molecular formula is C14H13Cl2N3O4S2. The number of benzene rings is 1. The summed E-state index contributed by atoms with van der Waals surface area (Å²) < 4.78 is 27.2. The fourth-order valence-corrected chi connectivity index (χ4v) is 5.95. The van der Waals surface area contributed by atoms with Gasteiger partial charge in [-0.3, -0.25) is 10.1 Å². The van der Waals surface area contributed by atoms with Crippen LogP contribution in [0.4, 0.5) is 11.4 Å². The number of nitro benzene ring substituents is 1. The summed E-state index contributed by atoms with van der Waals surface area (Å²) in [6.45, 7) is 1.47. The van der Waals surface area contributed by atoms with Gasteiger partial charge in [0.25, 0.3) is 15.7 Å². The van der Waals surface area contributed by atoms with Crippen molar-refractivity contribution in [2.24, 2.45) is 0 Å². The number of non-ortho nitro benzene ring substituents is 1. The molecule has 7 nitrogen and oxygen atoms in total. The number of nitrogens with zero attached hydrogens (tertiary/aromatic N) is 3. The standard InChI is InChI=1S/C14H13Cl2N3O4S2/c15-11-9-10(19(20)21)1-2-12(11)17-5-7-18(8-6-17)25(22,23)14-4-3-13(16)24-14/h1-4,9H,5-8H2. The number of halogens is 2. The Labute approximate surface area is 158 Å². The Morgan fingerprint density at radius 1 is 1.08 bits per heavy atom. The van der Waals surface area contributed by atoms with Gasteiger partial charge in [-0.15, -0.1) is 11.3 Å². The smallest absolute Gasteiger partial charge is 0.271 e. The molecule has 25 heavy (non-hydrogen) atoms. The molecule has 0 bridgehead atoms. The summed E-state index contributed by atoms with van der Waals surface area (Å²) in [5.41, 5.74) is 0.577. The van der Waals surface area contributed by atoms with Crippen molar-refractivity contribution < 1.29 is 13.3 Å². The number of thiophene rings is 1. The van der Waals surface area contributed by atoms with E-state index in [1.807, 2.05) is 4.90 Å². The maximum atomic E-state index is 12.6. The molecule has 0 unspecified atom stereocenters. The molecule has 1 saturated heterocycles. The van der Waals surface area contributed by atoms with E-state index in [1.165, 1.54) is 22.5 Å². The van der Waals surface area contributed by atoms with E-state index >= 15 is 0 Å². The van der Waals surface area contributed by atoms with Gasteiger partial charge in [-0.25, -0.2) is 8.42 Å². The summed E-state index contributed by atoms with van der Waals surface area (Å²) in [4.78, 5) is 12.2. The van der Waals surface area contributed by atoms with Crippen LogP contribution >= 0.6 is 34.5 Å². The molecule has 0 amide bonds. The number of anilines is 1. The van der Waals surface area contributed by atoms with Gasteiger partial charge in [-0.2, -0.15) is 4.31 Å². The molecule has 0 N–H and O–H groups in total. The number of rotatable bonds is 4. The molecule has 1 aromatic carbocycles. The van der Waals surface area contributed by atoms with Gasteiger partial charge in [0.15, 0.2) is 0 Å². The second kappa shape index (κ2) is 7.08. The van der Waals surface area contributed by atoms with Crippen LogP contribution in [0, 0.1) is 10.1 Å². The van der Waals surface area contributed by atoms with Gasteiger partial charge in [-0.1, -0.05) is 23.2 Å². The SMILES string of the molecule is O=[N+]([O-])c1ccc(N2CCN(S(=O)(=O)c3ccc(Cl)s3)CC2)c(Cl)c1. The number of hydrogen-bond donors (Lipinski definition) is 0. The van der Waals surface area contributed by atoms with Gasteiger partial charge in [-0.05, 0) is 18.2 Å². The molecule has 0 spiro atoms. The van der Waals surface area contributed by atoms with Crippen LogP contribution in [-0.2, 0) is 10.0 Å². The highest BCUT2D eigenvalue weighted by Gasteiger charge is 2.30. The molecule has 1 aliphatic rings. The molecule has 11 heteroatoms. The molecule has 2 heterocycles. The average Bonchev–Trinajstić information content (AvgIpc) is 3.02. The van der Waals surface area contributed by atoms with E-state index in [0.717, 1.165) is 11.3 Å². The largest absolute Gasteiger partial charge is 0.368 e. The Morgan fingerprint density at radius 2 is 1.76 bits per heavy atom. The maximum absolute atomic E-state index is 12.6. The van der Waals surface area contributed by atoms with E-state index in [-0.39, 0.29) is 14.9 Å². The van der Waals surface area contributed by atoms with Gasteiger partial charge in [0.05, 0.1) is 20.0 Å². The lowest BCUT2D eigenvalue weighted by atomic mass is 10.2. The van der Waals surface area contributed by atoms with Gasteiger partial charge < -0.3 is 4.90 Å². The summed E-state index contributed by atoms with van der Waals surface area (Å²) >= 11 is 13.0. The highest BCUT2D eigenvalue weighted by atomic mass is 35.5. The predicted octanol–water partition coefficient (Wildman–Crippen LogP) is 3.47. The third kappa shape index (κ3) is 3.75. The van der Waals surface area contributed by atoms with Crippen molar-refractivity contribution >= 4 is 55.9 Å². The molecule has 1 aliphatic heterocycles. The number of nitro groups is 1. The summed E-state index contributed by atoms with van der Waals surface area (Å²) in [7, 11) is -3.56. The molecule has 1 aromatic heterocycles. The van der Waals surface area contributed by atoms with E-state index in [1.54, 1.807) is 12.1 Å². The van der Waals surface area contributed by atoms with Crippen LogP contribution < -0.4 is 4.90 Å². The highest BCUT2D eigenvalue weighted by molar-refractivity contribution is 7.91. The average molecular weight is 422 g/mol. The number of piperazine rings is 1. The lowest BCUT2D eigenvalue weighted by molar-refractivity contribution is -0.384. The van der Waals surface area contributed by atoms with Crippen LogP contribution in [0.2, 0.25) is 9.36 Å². The predicted molar refractivity (Wildman–Crippen MR) is 98.4 cm³/mol. The quantitative estimate of drug-likeness (QED) is 0.557. The minimum atomic E-state index is -3.56. The first-order valence-corrected chi connectivity index (χ1v) is 10.2. The first kappa shape index (κ1) is 18.4. The topological polar surface area (TPSA) is 83.8 Å². The normalized spacial score (nSPS) is 16.2. The van der Waals surface area contributed by atoms with Gasteiger partial charge in [0.1, 0.15) is 4.21 Å². The zero-order valence-corrected chi connectivity index (χ0v) is 15.9. The van der Waals surface area contributed by atoms with Crippen LogP contribution in [0.1, 0.15) is 0 Å². The van der Waals surface area contributed by atoms with Crippen LogP contribution in [-0.4, -0.2) is 43.8 Å². The molecule has 0 atom stereocenters. The van der Waals surface area contributed by atoms with Crippen molar-refractivity contribution in [2.45, 2.75) is 4.21 Å². The van der Waals surface area contributed by atoms with E-state index < -0.39 is 14.9 Å². The van der Waals surface area contributed by atoms with E-state index in [0.29, 0.717) is 36.2 Å². The van der Waals surface area contributed by atoms with Crippen molar-refractivity contribution in [1.82, 2.24) is 4.31 Å². The second-order valence-electron chi connectivity index (χ2n) is 5.34. The molecular weight excluding hydrogens is 409 g/mol. The zero-order chi connectivity index (χ0) is 18.2. The minimum absolute atomic E-state index is 0.0791. The molecule has 0 saturated carbocycles. The van der Waals surface area contributed by atoms with Crippen molar-refractivity contribution in [3.05, 3.63) is 49.8 Å². The highest BCUT2D eigenvalue weighted by Crippen LogP contribution is 2.32. The Morgan fingerprint density at radius 3 is 2.28 bits per heavy atom. The van der Waals surface area contributed by atoms with E-state index in [4.69, 9.17) is 23.2 Å². The van der Waals surface area contributed by atoms with Crippen LogP contribution in [0.15, 0.2) is 34.5 Å². The Bertz CT molecular complexity index is 909. The fraction of sp³-hybridized carbons (Fsp3) is 0.286. The fourth-order valence-electron chi connectivity index (χ4n) is 2.60. The van der Waals surface area contributed by atoms with Crippen LogP contribution in [0.25, 0.3) is 0 Å². The van der Waals surface area contributed by atoms with Gasteiger partial charge in [0.2, 0.25) is 0 Å². The van der Waals surface area contributed by atoms with Crippen LogP contribution in [0.5, 0.6) is 0 Å². The Kier molecular flexibility index (Phi) is 5.21. The van der Waals surface area contributed by atoms with Crippen molar-refractivity contribution in [1.29, 1.82) is 0 Å².